The molecule has 0 spiro atoms. The average Bonchev–Trinajstić information content (AvgIpc) is 2.70. The Labute approximate surface area is 167 Å². The van der Waals surface area contributed by atoms with Crippen LogP contribution in [-0.2, 0) is 0 Å². The SMILES string of the molecule is COc1cc(N2CC[C@@H](Oc3ccc(N(N)C(=O)O)cn3)[C@H](C)C2)c(Cl)cn1. The summed E-state index contributed by atoms with van der Waals surface area (Å²) in [5, 5.41) is 10.1. The maximum Gasteiger partial charge on any atom is 0.426 e. The zero-order valence-electron chi connectivity index (χ0n) is 15.6. The summed E-state index contributed by atoms with van der Waals surface area (Å²) in [6, 6.07) is 5.00. The number of nitrogens with zero attached hydrogens (tertiary/aromatic N) is 4. The number of aromatic nitrogens is 2. The predicted molar refractivity (Wildman–Crippen MR) is 105 cm³/mol. The first-order valence-corrected chi connectivity index (χ1v) is 9.11. The van der Waals surface area contributed by atoms with E-state index in [0.29, 0.717) is 21.8 Å². The molecule has 1 aliphatic rings. The normalized spacial score (nSPS) is 19.2. The third-order valence-corrected chi connectivity index (χ3v) is 4.95. The van der Waals surface area contributed by atoms with Crippen LogP contribution >= 0.6 is 11.6 Å². The Hall–Kier alpha value is -2.78. The molecular weight excluding hydrogens is 386 g/mol. The van der Waals surface area contributed by atoms with Crippen LogP contribution in [0.25, 0.3) is 0 Å². The van der Waals surface area contributed by atoms with Crippen LogP contribution in [0.2, 0.25) is 5.02 Å². The molecule has 1 amide bonds. The minimum Gasteiger partial charge on any atom is -0.481 e. The molecule has 28 heavy (non-hydrogen) atoms. The summed E-state index contributed by atoms with van der Waals surface area (Å²) in [6.45, 7) is 3.62. The van der Waals surface area contributed by atoms with Gasteiger partial charge in [0.2, 0.25) is 11.8 Å². The standard InChI is InChI=1S/C18H22ClN5O4/c1-11-10-23(14-7-17(27-2)22-9-13(14)19)6-5-15(11)28-16-4-3-12(8-21-16)24(20)18(25)26/h3-4,7-9,11,15H,5-6,10,20H2,1-2H3,(H,25,26)/t11-,15-/m1/s1. The van der Waals surface area contributed by atoms with Gasteiger partial charge in [-0.1, -0.05) is 18.5 Å². The number of piperidine rings is 1. The van der Waals surface area contributed by atoms with Gasteiger partial charge < -0.3 is 19.5 Å². The Morgan fingerprint density at radius 2 is 2.11 bits per heavy atom. The van der Waals surface area contributed by atoms with E-state index in [9.17, 15) is 4.79 Å². The van der Waals surface area contributed by atoms with Gasteiger partial charge in [-0.15, -0.1) is 0 Å². The minimum absolute atomic E-state index is 0.0226. The Morgan fingerprint density at radius 3 is 2.71 bits per heavy atom. The van der Waals surface area contributed by atoms with Crippen molar-refractivity contribution in [3.63, 3.8) is 0 Å². The molecule has 2 aromatic heterocycles. The van der Waals surface area contributed by atoms with Crippen molar-refractivity contribution in [1.82, 2.24) is 9.97 Å². The smallest absolute Gasteiger partial charge is 0.426 e. The van der Waals surface area contributed by atoms with Crippen molar-refractivity contribution in [3.05, 3.63) is 35.6 Å². The number of anilines is 2. The number of nitrogens with two attached hydrogens (primary N) is 1. The van der Waals surface area contributed by atoms with Gasteiger partial charge in [0.05, 0.1) is 35.9 Å². The lowest BCUT2D eigenvalue weighted by atomic mass is 9.96. The molecule has 0 aliphatic carbocycles. The molecule has 2 atom stereocenters. The minimum atomic E-state index is -1.26. The van der Waals surface area contributed by atoms with Gasteiger partial charge in [-0.25, -0.2) is 25.6 Å². The number of hydrazine groups is 1. The van der Waals surface area contributed by atoms with Crippen LogP contribution in [0.4, 0.5) is 16.2 Å². The number of pyridine rings is 2. The van der Waals surface area contributed by atoms with Crippen molar-refractivity contribution in [2.24, 2.45) is 11.8 Å². The first-order chi connectivity index (χ1) is 13.4. The van der Waals surface area contributed by atoms with E-state index in [2.05, 4.69) is 21.8 Å². The van der Waals surface area contributed by atoms with E-state index in [1.807, 2.05) is 6.07 Å². The van der Waals surface area contributed by atoms with Gasteiger partial charge >= 0.3 is 6.09 Å². The van der Waals surface area contributed by atoms with Crippen molar-refractivity contribution in [2.75, 3.05) is 30.1 Å². The van der Waals surface area contributed by atoms with Crippen LogP contribution in [0.1, 0.15) is 13.3 Å². The van der Waals surface area contributed by atoms with Crippen molar-refractivity contribution in [3.8, 4) is 11.8 Å². The Balaban J connectivity index is 1.64. The summed E-state index contributed by atoms with van der Waals surface area (Å²) in [6.07, 6.45) is 2.45. The van der Waals surface area contributed by atoms with Crippen LogP contribution < -0.4 is 25.2 Å². The number of amides is 1. The lowest BCUT2D eigenvalue weighted by molar-refractivity contribution is 0.116. The van der Waals surface area contributed by atoms with Crippen molar-refractivity contribution >= 4 is 29.1 Å². The number of carbonyl (C=O) groups is 1. The average molecular weight is 408 g/mol. The molecule has 3 heterocycles. The molecule has 0 aromatic carbocycles. The lowest BCUT2D eigenvalue weighted by Crippen LogP contribution is -2.44. The molecule has 9 nitrogen and oxygen atoms in total. The molecule has 1 aliphatic heterocycles. The molecule has 2 aromatic rings. The van der Waals surface area contributed by atoms with Gasteiger partial charge in [0.15, 0.2) is 0 Å². The van der Waals surface area contributed by atoms with E-state index in [-0.39, 0.29) is 17.7 Å². The molecule has 3 rings (SSSR count). The number of ether oxygens (including phenoxy) is 2. The summed E-state index contributed by atoms with van der Waals surface area (Å²) in [5.74, 6) is 6.58. The maximum atomic E-state index is 10.9. The zero-order chi connectivity index (χ0) is 20.3. The third-order valence-electron chi connectivity index (χ3n) is 4.66. The highest BCUT2D eigenvalue weighted by Crippen LogP contribution is 2.32. The molecule has 1 saturated heterocycles. The summed E-state index contributed by atoms with van der Waals surface area (Å²) in [5.41, 5.74) is 1.15. The highest BCUT2D eigenvalue weighted by Gasteiger charge is 2.29. The van der Waals surface area contributed by atoms with Crippen LogP contribution in [0.15, 0.2) is 30.6 Å². The number of halogens is 1. The van der Waals surface area contributed by atoms with E-state index in [1.54, 1.807) is 25.4 Å². The number of methoxy groups -OCH3 is 1. The Kier molecular flexibility index (Phi) is 6.05. The molecule has 1 fully saturated rings. The van der Waals surface area contributed by atoms with Gasteiger partial charge in [0.1, 0.15) is 6.10 Å². The Bertz CT molecular complexity index is 835. The molecule has 0 saturated carbocycles. The van der Waals surface area contributed by atoms with E-state index in [0.717, 1.165) is 25.2 Å². The van der Waals surface area contributed by atoms with Crippen molar-refractivity contribution < 1.29 is 19.4 Å². The van der Waals surface area contributed by atoms with Gasteiger partial charge in [-0.2, -0.15) is 0 Å². The topological polar surface area (TPSA) is 114 Å². The molecule has 10 heteroatoms. The van der Waals surface area contributed by atoms with Crippen molar-refractivity contribution in [1.29, 1.82) is 0 Å². The number of hydrogen-bond donors (Lipinski definition) is 2. The first kappa shape index (κ1) is 20.0. The fourth-order valence-corrected chi connectivity index (χ4v) is 3.35. The summed E-state index contributed by atoms with van der Waals surface area (Å²) < 4.78 is 11.2. The van der Waals surface area contributed by atoms with E-state index in [4.69, 9.17) is 32.0 Å². The quantitative estimate of drug-likeness (QED) is 0.441. The summed E-state index contributed by atoms with van der Waals surface area (Å²) in [7, 11) is 1.57. The Morgan fingerprint density at radius 1 is 1.36 bits per heavy atom. The summed E-state index contributed by atoms with van der Waals surface area (Å²) in [4.78, 5) is 21.3. The fourth-order valence-electron chi connectivity index (χ4n) is 3.13. The van der Waals surface area contributed by atoms with Crippen LogP contribution in [-0.4, -0.2) is 47.5 Å². The van der Waals surface area contributed by atoms with E-state index in [1.165, 1.54) is 6.20 Å². The molecular formula is C18H22ClN5O4. The van der Waals surface area contributed by atoms with Crippen LogP contribution in [0.5, 0.6) is 11.8 Å². The highest BCUT2D eigenvalue weighted by molar-refractivity contribution is 6.33. The number of carboxylic acid groups (broad SMARTS) is 1. The molecule has 0 bridgehead atoms. The predicted octanol–water partition coefficient (Wildman–Crippen LogP) is 2.79. The molecule has 0 radical (unpaired) electrons. The molecule has 150 valence electrons. The third kappa shape index (κ3) is 4.37. The van der Waals surface area contributed by atoms with Gasteiger partial charge in [-0.05, 0) is 6.07 Å². The zero-order valence-corrected chi connectivity index (χ0v) is 16.3. The largest absolute Gasteiger partial charge is 0.481 e. The second-order valence-corrected chi connectivity index (χ2v) is 6.96. The monoisotopic (exact) mass is 407 g/mol. The summed E-state index contributed by atoms with van der Waals surface area (Å²) >= 11 is 6.31. The van der Waals surface area contributed by atoms with E-state index >= 15 is 0 Å². The fraction of sp³-hybridized carbons (Fsp3) is 0.389. The highest BCUT2D eigenvalue weighted by atomic mass is 35.5. The van der Waals surface area contributed by atoms with Gasteiger partial charge in [-0.3, -0.25) is 0 Å². The number of hydrogen-bond acceptors (Lipinski definition) is 7. The van der Waals surface area contributed by atoms with Gasteiger partial charge in [0, 0.05) is 37.6 Å². The molecule has 0 unspecified atom stereocenters. The van der Waals surface area contributed by atoms with Gasteiger partial charge in [0.25, 0.3) is 0 Å². The second-order valence-electron chi connectivity index (χ2n) is 6.55. The van der Waals surface area contributed by atoms with Crippen molar-refractivity contribution in [2.45, 2.75) is 19.4 Å². The van der Waals surface area contributed by atoms with Crippen LogP contribution in [0, 0.1) is 5.92 Å². The second kappa shape index (κ2) is 8.49. The van der Waals surface area contributed by atoms with E-state index < -0.39 is 6.09 Å². The lowest BCUT2D eigenvalue weighted by Gasteiger charge is -2.38. The first-order valence-electron chi connectivity index (χ1n) is 8.74. The maximum absolute atomic E-state index is 10.9. The molecule has 3 N–H and O–H groups in total. The number of rotatable bonds is 5. The van der Waals surface area contributed by atoms with Crippen LogP contribution in [0.3, 0.4) is 0 Å².